The molecule has 0 bridgehead atoms. The number of hydrogen-bond acceptors (Lipinski definition) is 2. The molecule has 0 aliphatic carbocycles. The molecule has 0 atom stereocenters. The van der Waals surface area contributed by atoms with E-state index in [0.29, 0.717) is 0 Å². The average Bonchev–Trinajstić information content (AvgIpc) is 2.25. The van der Waals surface area contributed by atoms with Crippen LogP contribution in [0.15, 0.2) is 0 Å². The molecule has 0 aromatic heterocycles. The molecule has 14 heavy (non-hydrogen) atoms. The van der Waals surface area contributed by atoms with Crippen LogP contribution in [0.5, 0.6) is 0 Å². The third-order valence-corrected chi connectivity index (χ3v) is 3.35. The molecular weight excluding hydrogens is 190 g/mol. The van der Waals surface area contributed by atoms with E-state index in [1.165, 1.54) is 38.9 Å². The summed E-state index contributed by atoms with van der Waals surface area (Å²) in [6.07, 6.45) is 7.21. The number of nitrogens with zero attached hydrogens (tertiary/aromatic N) is 1. The van der Waals surface area contributed by atoms with Crippen LogP contribution in [0.2, 0.25) is 0 Å². The van der Waals surface area contributed by atoms with Gasteiger partial charge >= 0.3 is 0 Å². The molecule has 0 saturated carbocycles. The minimum atomic E-state index is 0.939. The summed E-state index contributed by atoms with van der Waals surface area (Å²) in [5.41, 5.74) is 0. The van der Waals surface area contributed by atoms with Gasteiger partial charge in [0.25, 0.3) is 0 Å². The first-order chi connectivity index (χ1) is 6.86. The lowest BCUT2D eigenvalue weighted by Gasteiger charge is -2.30. The maximum Gasteiger partial charge on any atom is 0.0100 e. The van der Waals surface area contributed by atoms with Gasteiger partial charge in [0.1, 0.15) is 0 Å². The Hall–Kier alpha value is -0.130. The van der Waals surface area contributed by atoms with Gasteiger partial charge in [0, 0.05) is 6.42 Å². The van der Waals surface area contributed by atoms with Crippen LogP contribution in [0.1, 0.15) is 32.6 Å². The van der Waals surface area contributed by atoms with Crippen molar-refractivity contribution < 1.29 is 0 Å². The zero-order chi connectivity index (χ0) is 10.2. The Morgan fingerprint density at radius 1 is 1.36 bits per heavy atom. The smallest absolute Gasteiger partial charge is 0.0100 e. The minimum absolute atomic E-state index is 0.939. The molecule has 0 unspecified atom stereocenters. The number of hydrogen-bond donors (Lipinski definition) is 0. The normalized spacial score (nSPS) is 19.0. The van der Waals surface area contributed by atoms with Crippen LogP contribution < -0.4 is 0 Å². The van der Waals surface area contributed by atoms with Crippen molar-refractivity contribution >= 4 is 11.8 Å². The van der Waals surface area contributed by atoms with Crippen molar-refractivity contribution in [3.63, 3.8) is 0 Å². The Labute approximate surface area is 92.6 Å². The Bertz CT molecular complexity index is 196. The number of piperidine rings is 1. The van der Waals surface area contributed by atoms with Gasteiger partial charge in [0.2, 0.25) is 0 Å². The largest absolute Gasteiger partial charge is 0.304 e. The van der Waals surface area contributed by atoms with Crippen molar-refractivity contribution in [1.29, 1.82) is 0 Å². The zero-order valence-electron chi connectivity index (χ0n) is 9.38. The maximum absolute atomic E-state index is 3.21. The lowest BCUT2D eigenvalue weighted by molar-refractivity contribution is 0.188. The van der Waals surface area contributed by atoms with E-state index in [0.717, 1.165) is 12.3 Å². The van der Waals surface area contributed by atoms with Gasteiger partial charge < -0.3 is 4.90 Å². The van der Waals surface area contributed by atoms with Crippen molar-refractivity contribution in [3.05, 3.63) is 0 Å². The molecule has 0 radical (unpaired) electrons. The molecule has 1 nitrogen and oxygen atoms in total. The van der Waals surface area contributed by atoms with Crippen LogP contribution in [-0.4, -0.2) is 30.8 Å². The molecule has 1 heterocycles. The van der Waals surface area contributed by atoms with Crippen molar-refractivity contribution in [2.24, 2.45) is 5.92 Å². The molecule has 0 N–H and O–H groups in total. The van der Waals surface area contributed by atoms with E-state index in [1.54, 1.807) is 11.8 Å². The van der Waals surface area contributed by atoms with Gasteiger partial charge in [0.05, 0.1) is 0 Å². The van der Waals surface area contributed by atoms with Gasteiger partial charge in [-0.05, 0) is 56.3 Å². The van der Waals surface area contributed by atoms with Gasteiger partial charge in [-0.15, -0.1) is 0 Å². The molecule has 1 aliphatic rings. The highest BCUT2D eigenvalue weighted by Crippen LogP contribution is 2.21. The molecular formula is C12H21NS. The van der Waals surface area contributed by atoms with Gasteiger partial charge in [-0.3, -0.25) is 0 Å². The third-order valence-electron chi connectivity index (χ3n) is 3.01. The molecule has 2 heteroatoms. The minimum Gasteiger partial charge on any atom is -0.304 e. The summed E-state index contributed by atoms with van der Waals surface area (Å²) in [5, 5.41) is 3.06. The van der Waals surface area contributed by atoms with Crippen molar-refractivity contribution in [1.82, 2.24) is 4.90 Å². The van der Waals surface area contributed by atoms with E-state index < -0.39 is 0 Å². The fourth-order valence-electron chi connectivity index (χ4n) is 1.99. The second-order valence-corrected chi connectivity index (χ2v) is 4.51. The molecule has 0 spiro atoms. The van der Waals surface area contributed by atoms with Gasteiger partial charge in [-0.2, -0.15) is 0 Å². The Morgan fingerprint density at radius 3 is 2.64 bits per heavy atom. The fourth-order valence-corrected chi connectivity index (χ4v) is 2.24. The second-order valence-electron chi connectivity index (χ2n) is 3.90. The highest BCUT2D eigenvalue weighted by atomic mass is 32.2. The molecule has 0 aromatic carbocycles. The first kappa shape index (κ1) is 11.9. The van der Waals surface area contributed by atoms with Crippen LogP contribution in [0.3, 0.4) is 0 Å². The van der Waals surface area contributed by atoms with Crippen LogP contribution in [0, 0.1) is 17.1 Å². The molecule has 0 amide bonds. The highest BCUT2D eigenvalue weighted by molar-refractivity contribution is 8.03. The van der Waals surface area contributed by atoms with E-state index in [9.17, 15) is 0 Å². The first-order valence-corrected chi connectivity index (χ1v) is 6.82. The lowest BCUT2D eigenvalue weighted by atomic mass is 9.92. The van der Waals surface area contributed by atoms with Crippen molar-refractivity contribution in [2.45, 2.75) is 32.6 Å². The Kier molecular flexibility index (Phi) is 6.14. The molecule has 1 saturated heterocycles. The molecule has 80 valence electrons. The Balaban J connectivity index is 2.10. The first-order valence-electron chi connectivity index (χ1n) is 5.60. The summed E-state index contributed by atoms with van der Waals surface area (Å²) < 4.78 is 0. The summed E-state index contributed by atoms with van der Waals surface area (Å²) in [4.78, 5) is 2.55. The van der Waals surface area contributed by atoms with E-state index >= 15 is 0 Å². The highest BCUT2D eigenvalue weighted by Gasteiger charge is 2.16. The topological polar surface area (TPSA) is 3.24 Å². The quantitative estimate of drug-likeness (QED) is 0.660. The molecule has 1 fully saturated rings. The number of rotatable bonds is 3. The van der Waals surface area contributed by atoms with E-state index in [-0.39, 0.29) is 0 Å². The van der Waals surface area contributed by atoms with E-state index in [4.69, 9.17) is 0 Å². The van der Waals surface area contributed by atoms with E-state index in [2.05, 4.69) is 23.0 Å². The van der Waals surface area contributed by atoms with Crippen LogP contribution in [-0.2, 0) is 0 Å². The van der Waals surface area contributed by atoms with E-state index in [1.807, 2.05) is 6.26 Å². The lowest BCUT2D eigenvalue weighted by Crippen LogP contribution is -2.33. The van der Waals surface area contributed by atoms with Crippen molar-refractivity contribution in [3.8, 4) is 11.2 Å². The predicted octanol–water partition coefficient (Wildman–Crippen LogP) is 2.82. The molecule has 0 aromatic rings. The summed E-state index contributed by atoms with van der Waals surface area (Å²) >= 11 is 1.62. The third kappa shape index (κ3) is 4.39. The van der Waals surface area contributed by atoms with Crippen LogP contribution in [0.4, 0.5) is 0 Å². The van der Waals surface area contributed by atoms with Crippen LogP contribution >= 0.6 is 11.8 Å². The van der Waals surface area contributed by atoms with Crippen molar-refractivity contribution in [2.75, 3.05) is 25.9 Å². The summed E-state index contributed by atoms with van der Waals surface area (Å²) in [6.45, 7) is 6.08. The van der Waals surface area contributed by atoms with Gasteiger partial charge in [-0.1, -0.05) is 24.6 Å². The average molecular weight is 211 g/mol. The van der Waals surface area contributed by atoms with Gasteiger partial charge in [-0.25, -0.2) is 0 Å². The number of likely N-dealkylation sites (tertiary alicyclic amines) is 1. The van der Waals surface area contributed by atoms with Gasteiger partial charge in [0.15, 0.2) is 0 Å². The van der Waals surface area contributed by atoms with Crippen LogP contribution in [0.25, 0.3) is 0 Å². The standard InChI is InChI=1S/C12H21NS/c1-3-13-9-7-12(8-10-13)6-4-5-11-14-2/h12H,3-4,6-10H2,1-2H3. The zero-order valence-corrected chi connectivity index (χ0v) is 10.2. The predicted molar refractivity (Wildman–Crippen MR) is 65.4 cm³/mol. The monoisotopic (exact) mass is 211 g/mol. The summed E-state index contributed by atoms with van der Waals surface area (Å²) in [6, 6.07) is 0. The Morgan fingerprint density at radius 2 is 2.07 bits per heavy atom. The fraction of sp³-hybridized carbons (Fsp3) is 0.833. The number of thioether (sulfide) groups is 1. The SMILES string of the molecule is CCN1CCC(CCC#CSC)CC1. The molecule has 1 aliphatic heterocycles. The molecule has 1 rings (SSSR count). The summed E-state index contributed by atoms with van der Waals surface area (Å²) in [7, 11) is 0. The maximum atomic E-state index is 3.21. The second kappa shape index (κ2) is 7.20. The summed E-state index contributed by atoms with van der Waals surface area (Å²) in [5.74, 6) is 4.15.